The van der Waals surface area contributed by atoms with Crippen LogP contribution in [-0.2, 0) is 0 Å². The van der Waals surface area contributed by atoms with Crippen LogP contribution in [0.4, 0.5) is 4.39 Å². The fourth-order valence-corrected chi connectivity index (χ4v) is 1.72. The molecule has 0 aliphatic heterocycles. The number of carbonyl (C=O) groups excluding carboxylic acids is 1. The lowest BCUT2D eigenvalue weighted by Gasteiger charge is -2.06. The Bertz CT molecular complexity index is 583. The van der Waals surface area contributed by atoms with E-state index in [0.717, 1.165) is 11.8 Å². The van der Waals surface area contributed by atoms with E-state index < -0.39 is 5.82 Å². The highest BCUT2D eigenvalue weighted by molar-refractivity contribution is 6.31. The van der Waals surface area contributed by atoms with Crippen molar-refractivity contribution in [3.8, 4) is 0 Å². The summed E-state index contributed by atoms with van der Waals surface area (Å²) in [4.78, 5) is 15.7. The number of benzene rings is 1. The van der Waals surface area contributed by atoms with Gasteiger partial charge in [-0.05, 0) is 30.7 Å². The van der Waals surface area contributed by atoms with Crippen molar-refractivity contribution in [1.29, 1.82) is 0 Å². The molecule has 0 radical (unpaired) electrons. The number of nitrogens with zero attached hydrogens (tertiary/aromatic N) is 1. The second-order valence-electron chi connectivity index (χ2n) is 3.64. The van der Waals surface area contributed by atoms with Gasteiger partial charge in [-0.3, -0.25) is 9.78 Å². The number of ketones is 1. The predicted octanol–water partition coefficient (Wildman–Crippen LogP) is 3.41. The highest BCUT2D eigenvalue weighted by Crippen LogP contribution is 2.19. The van der Waals surface area contributed by atoms with Crippen LogP contribution in [0.15, 0.2) is 36.7 Å². The molecule has 2 rings (SSSR count). The Morgan fingerprint density at radius 1 is 1.29 bits per heavy atom. The predicted molar refractivity (Wildman–Crippen MR) is 63.8 cm³/mol. The summed E-state index contributed by atoms with van der Waals surface area (Å²) in [6, 6.07) is 6.32. The molecule has 1 aromatic carbocycles. The lowest BCUT2D eigenvalue weighted by atomic mass is 10.00. The number of hydrogen-bond acceptors (Lipinski definition) is 2. The van der Waals surface area contributed by atoms with E-state index in [-0.39, 0.29) is 11.3 Å². The molecule has 86 valence electrons. The Balaban J connectivity index is 2.51. The number of hydrogen-bond donors (Lipinski definition) is 0. The molecule has 2 aromatic rings. The van der Waals surface area contributed by atoms with E-state index >= 15 is 0 Å². The monoisotopic (exact) mass is 249 g/mol. The quantitative estimate of drug-likeness (QED) is 0.764. The third kappa shape index (κ3) is 2.34. The van der Waals surface area contributed by atoms with E-state index in [0.29, 0.717) is 10.6 Å². The summed E-state index contributed by atoms with van der Waals surface area (Å²) < 4.78 is 13.4. The number of rotatable bonds is 2. The first kappa shape index (κ1) is 11.7. The molecule has 1 heterocycles. The number of aryl methyl sites for hydroxylation is 1. The van der Waals surface area contributed by atoms with Crippen LogP contribution in [0.5, 0.6) is 0 Å². The highest BCUT2D eigenvalue weighted by atomic mass is 35.5. The average Bonchev–Trinajstić information content (AvgIpc) is 2.32. The SMILES string of the molecule is Cc1ccc(Cl)cc1C(=O)c1ccncc1F. The molecule has 2 nitrogen and oxygen atoms in total. The number of aromatic nitrogens is 1. The molecule has 1 aromatic heterocycles. The molecule has 0 saturated carbocycles. The summed E-state index contributed by atoms with van der Waals surface area (Å²) in [6.45, 7) is 1.78. The molecule has 0 N–H and O–H groups in total. The lowest BCUT2D eigenvalue weighted by Crippen LogP contribution is -2.06. The molecule has 0 saturated heterocycles. The van der Waals surface area contributed by atoms with Crippen molar-refractivity contribution >= 4 is 17.4 Å². The Hall–Kier alpha value is -1.74. The van der Waals surface area contributed by atoms with Crippen LogP contribution in [-0.4, -0.2) is 10.8 Å². The zero-order valence-electron chi connectivity index (χ0n) is 9.08. The summed E-state index contributed by atoms with van der Waals surface area (Å²) in [5.74, 6) is -1.01. The van der Waals surface area contributed by atoms with Gasteiger partial charge in [0.25, 0.3) is 0 Å². The number of carbonyl (C=O) groups is 1. The molecule has 0 atom stereocenters. The van der Waals surface area contributed by atoms with Crippen LogP contribution < -0.4 is 0 Å². The molecule has 0 aliphatic rings. The van der Waals surface area contributed by atoms with Gasteiger partial charge in [0.2, 0.25) is 0 Å². The van der Waals surface area contributed by atoms with Crippen LogP contribution in [0, 0.1) is 12.7 Å². The zero-order chi connectivity index (χ0) is 12.4. The summed E-state index contributed by atoms with van der Waals surface area (Å²) >= 11 is 5.83. The van der Waals surface area contributed by atoms with Crippen LogP contribution in [0.2, 0.25) is 5.02 Å². The molecular weight excluding hydrogens is 241 g/mol. The molecule has 0 unspecified atom stereocenters. The van der Waals surface area contributed by atoms with Gasteiger partial charge < -0.3 is 0 Å². The van der Waals surface area contributed by atoms with E-state index in [1.807, 2.05) is 0 Å². The molecule has 0 spiro atoms. The van der Waals surface area contributed by atoms with Gasteiger partial charge in [-0.1, -0.05) is 17.7 Å². The molecule has 0 amide bonds. The smallest absolute Gasteiger partial charge is 0.196 e. The fraction of sp³-hybridized carbons (Fsp3) is 0.0769. The normalized spacial score (nSPS) is 10.3. The van der Waals surface area contributed by atoms with Crippen molar-refractivity contribution in [3.05, 3.63) is 64.2 Å². The van der Waals surface area contributed by atoms with E-state index in [9.17, 15) is 9.18 Å². The minimum absolute atomic E-state index is 0.00497. The van der Waals surface area contributed by atoms with E-state index in [2.05, 4.69) is 4.98 Å². The van der Waals surface area contributed by atoms with Crippen molar-refractivity contribution in [3.63, 3.8) is 0 Å². The van der Waals surface area contributed by atoms with Crippen LogP contribution in [0.1, 0.15) is 21.5 Å². The van der Waals surface area contributed by atoms with Crippen LogP contribution in [0.25, 0.3) is 0 Å². The maximum atomic E-state index is 13.4. The van der Waals surface area contributed by atoms with E-state index in [4.69, 9.17) is 11.6 Å². The Labute approximate surface area is 103 Å². The molecule has 4 heteroatoms. The van der Waals surface area contributed by atoms with Crippen molar-refractivity contribution in [2.24, 2.45) is 0 Å². The van der Waals surface area contributed by atoms with E-state index in [1.54, 1.807) is 25.1 Å². The Morgan fingerprint density at radius 2 is 2.06 bits per heavy atom. The van der Waals surface area contributed by atoms with Crippen molar-refractivity contribution < 1.29 is 9.18 Å². The van der Waals surface area contributed by atoms with Crippen molar-refractivity contribution in [2.75, 3.05) is 0 Å². The van der Waals surface area contributed by atoms with Crippen molar-refractivity contribution in [2.45, 2.75) is 6.92 Å². The second-order valence-corrected chi connectivity index (χ2v) is 4.08. The molecule has 0 bridgehead atoms. The topological polar surface area (TPSA) is 30.0 Å². The Kier molecular flexibility index (Phi) is 3.20. The standard InChI is InChI=1S/C13H9ClFNO/c1-8-2-3-9(14)6-11(8)13(17)10-4-5-16-7-12(10)15/h2-7H,1H3. The van der Waals surface area contributed by atoms with Gasteiger partial charge >= 0.3 is 0 Å². The summed E-state index contributed by atoms with van der Waals surface area (Å²) in [5.41, 5.74) is 1.17. The number of pyridine rings is 1. The second kappa shape index (κ2) is 4.63. The maximum Gasteiger partial charge on any atom is 0.196 e. The highest BCUT2D eigenvalue weighted by Gasteiger charge is 2.15. The molecule has 0 fully saturated rings. The van der Waals surface area contributed by atoms with E-state index in [1.165, 1.54) is 12.3 Å². The molecule has 17 heavy (non-hydrogen) atoms. The minimum Gasteiger partial charge on any atom is -0.288 e. The van der Waals surface area contributed by atoms with Crippen LogP contribution >= 0.6 is 11.6 Å². The summed E-state index contributed by atoms with van der Waals surface area (Å²) in [5, 5.41) is 0.452. The van der Waals surface area contributed by atoms with Gasteiger partial charge in [0.05, 0.1) is 11.8 Å². The van der Waals surface area contributed by atoms with Gasteiger partial charge in [0, 0.05) is 16.8 Å². The first-order valence-electron chi connectivity index (χ1n) is 5.00. The molecule has 0 aliphatic carbocycles. The first-order valence-corrected chi connectivity index (χ1v) is 5.38. The largest absolute Gasteiger partial charge is 0.288 e. The van der Waals surface area contributed by atoms with Crippen LogP contribution in [0.3, 0.4) is 0 Å². The fourth-order valence-electron chi connectivity index (χ4n) is 1.54. The zero-order valence-corrected chi connectivity index (χ0v) is 9.83. The molecular formula is C13H9ClFNO. The van der Waals surface area contributed by atoms with Gasteiger partial charge in [-0.2, -0.15) is 0 Å². The summed E-state index contributed by atoms with van der Waals surface area (Å²) in [6.07, 6.45) is 2.41. The van der Waals surface area contributed by atoms with Gasteiger partial charge in [0.1, 0.15) is 0 Å². The van der Waals surface area contributed by atoms with Gasteiger partial charge in [0.15, 0.2) is 11.6 Å². The Morgan fingerprint density at radius 3 is 2.76 bits per heavy atom. The van der Waals surface area contributed by atoms with Gasteiger partial charge in [-0.15, -0.1) is 0 Å². The minimum atomic E-state index is -0.628. The average molecular weight is 250 g/mol. The maximum absolute atomic E-state index is 13.4. The number of halogens is 2. The summed E-state index contributed by atoms with van der Waals surface area (Å²) in [7, 11) is 0. The lowest BCUT2D eigenvalue weighted by molar-refractivity contribution is 0.103. The third-order valence-corrected chi connectivity index (χ3v) is 2.70. The third-order valence-electron chi connectivity index (χ3n) is 2.46. The van der Waals surface area contributed by atoms with Crippen molar-refractivity contribution in [1.82, 2.24) is 4.98 Å². The first-order chi connectivity index (χ1) is 8.09. The van der Waals surface area contributed by atoms with Gasteiger partial charge in [-0.25, -0.2) is 4.39 Å².